The third-order valence-electron chi connectivity index (χ3n) is 3.89. The topological polar surface area (TPSA) is 74.6 Å². The Morgan fingerprint density at radius 2 is 1.80 bits per heavy atom. The Morgan fingerprint density at radius 1 is 1.08 bits per heavy atom. The second-order valence-corrected chi connectivity index (χ2v) is 5.60. The van der Waals surface area contributed by atoms with Crippen molar-refractivity contribution in [3.05, 3.63) is 48.4 Å². The quantitative estimate of drug-likeness (QED) is 0.685. The predicted octanol–water partition coefficient (Wildman–Crippen LogP) is 3.27. The zero-order valence-electron chi connectivity index (χ0n) is 14.7. The van der Waals surface area contributed by atoms with Crippen LogP contribution >= 0.6 is 0 Å². The molecule has 2 N–H and O–H groups in total. The average Bonchev–Trinajstić information content (AvgIpc) is 3.16. The Balaban J connectivity index is 1.70. The minimum absolute atomic E-state index is 0.0668. The van der Waals surface area contributed by atoms with Crippen LogP contribution < -0.4 is 15.5 Å². The third-order valence-corrected chi connectivity index (χ3v) is 3.89. The van der Waals surface area contributed by atoms with Crippen LogP contribution in [-0.2, 0) is 4.79 Å². The summed E-state index contributed by atoms with van der Waals surface area (Å²) in [4.78, 5) is 25.9. The zero-order chi connectivity index (χ0) is 18.1. The maximum absolute atomic E-state index is 12.0. The van der Waals surface area contributed by atoms with Gasteiger partial charge in [0, 0.05) is 37.4 Å². The van der Waals surface area contributed by atoms with Crippen LogP contribution in [0.1, 0.15) is 37.2 Å². The first kappa shape index (κ1) is 18.6. The van der Waals surface area contributed by atoms with E-state index < -0.39 is 0 Å². The highest BCUT2D eigenvalue weighted by molar-refractivity contribution is 5.92. The van der Waals surface area contributed by atoms with Crippen molar-refractivity contribution in [2.24, 2.45) is 0 Å². The van der Waals surface area contributed by atoms with Gasteiger partial charge in [-0.05, 0) is 56.7 Å². The molecule has 2 rings (SSSR count). The number of nitrogens with zero attached hydrogens (tertiary/aromatic N) is 1. The molecule has 134 valence electrons. The number of rotatable bonds is 9. The van der Waals surface area contributed by atoms with Gasteiger partial charge in [0.05, 0.1) is 6.26 Å². The van der Waals surface area contributed by atoms with Gasteiger partial charge in [0.1, 0.15) is 0 Å². The minimum atomic E-state index is -0.266. The van der Waals surface area contributed by atoms with Gasteiger partial charge >= 0.3 is 0 Å². The molecule has 0 bridgehead atoms. The summed E-state index contributed by atoms with van der Waals surface area (Å²) in [6.07, 6.45) is 2.36. The number of amides is 2. The monoisotopic (exact) mass is 343 g/mol. The molecule has 1 aromatic carbocycles. The third kappa shape index (κ3) is 5.67. The van der Waals surface area contributed by atoms with Gasteiger partial charge in [0.2, 0.25) is 5.91 Å². The predicted molar refractivity (Wildman–Crippen MR) is 98.9 cm³/mol. The van der Waals surface area contributed by atoms with Gasteiger partial charge in [-0.1, -0.05) is 0 Å². The SMILES string of the molecule is CCN(CC)c1ccc(NC(=O)CCCNC(=O)c2ccco2)cc1. The number of nitrogens with one attached hydrogen (secondary N) is 2. The van der Waals surface area contributed by atoms with Crippen molar-refractivity contribution in [3.63, 3.8) is 0 Å². The van der Waals surface area contributed by atoms with Crippen molar-refractivity contribution < 1.29 is 14.0 Å². The van der Waals surface area contributed by atoms with Crippen LogP contribution in [0.25, 0.3) is 0 Å². The molecule has 2 aromatic rings. The van der Waals surface area contributed by atoms with E-state index in [2.05, 4.69) is 29.4 Å². The molecule has 0 fully saturated rings. The summed E-state index contributed by atoms with van der Waals surface area (Å²) >= 11 is 0. The maximum Gasteiger partial charge on any atom is 0.286 e. The number of hydrogen-bond acceptors (Lipinski definition) is 4. The van der Waals surface area contributed by atoms with Gasteiger partial charge in [-0.25, -0.2) is 0 Å². The first-order chi connectivity index (χ1) is 12.1. The van der Waals surface area contributed by atoms with E-state index in [1.165, 1.54) is 6.26 Å². The van der Waals surface area contributed by atoms with E-state index in [1.807, 2.05) is 24.3 Å². The van der Waals surface area contributed by atoms with Gasteiger partial charge in [-0.2, -0.15) is 0 Å². The molecule has 0 unspecified atom stereocenters. The Hall–Kier alpha value is -2.76. The molecule has 0 aliphatic rings. The molecule has 0 saturated carbocycles. The molecule has 6 heteroatoms. The van der Waals surface area contributed by atoms with Gasteiger partial charge in [-0.3, -0.25) is 9.59 Å². The fraction of sp³-hybridized carbons (Fsp3) is 0.368. The first-order valence-electron chi connectivity index (χ1n) is 8.60. The van der Waals surface area contributed by atoms with Crippen molar-refractivity contribution in [3.8, 4) is 0 Å². The first-order valence-corrected chi connectivity index (χ1v) is 8.60. The molecule has 0 spiro atoms. The molecular weight excluding hydrogens is 318 g/mol. The van der Waals surface area contributed by atoms with Gasteiger partial charge < -0.3 is 20.0 Å². The van der Waals surface area contributed by atoms with E-state index in [-0.39, 0.29) is 17.6 Å². The highest BCUT2D eigenvalue weighted by Gasteiger charge is 2.08. The van der Waals surface area contributed by atoms with Gasteiger partial charge in [-0.15, -0.1) is 0 Å². The van der Waals surface area contributed by atoms with E-state index in [1.54, 1.807) is 12.1 Å². The Kier molecular flexibility index (Phi) is 7.07. The van der Waals surface area contributed by atoms with Crippen LogP contribution in [0.15, 0.2) is 47.1 Å². The smallest absolute Gasteiger partial charge is 0.286 e. The van der Waals surface area contributed by atoms with Crippen molar-refractivity contribution >= 4 is 23.2 Å². The largest absolute Gasteiger partial charge is 0.459 e. The summed E-state index contributed by atoms with van der Waals surface area (Å²) < 4.78 is 5.00. The van der Waals surface area contributed by atoms with Crippen LogP contribution in [0.3, 0.4) is 0 Å². The second-order valence-electron chi connectivity index (χ2n) is 5.60. The van der Waals surface area contributed by atoms with Crippen LogP contribution in [0.5, 0.6) is 0 Å². The van der Waals surface area contributed by atoms with Crippen LogP contribution in [0.2, 0.25) is 0 Å². The van der Waals surface area contributed by atoms with Crippen LogP contribution in [0.4, 0.5) is 11.4 Å². The zero-order valence-corrected chi connectivity index (χ0v) is 14.7. The summed E-state index contributed by atoms with van der Waals surface area (Å²) in [5.41, 5.74) is 1.92. The molecule has 0 aliphatic heterocycles. The summed E-state index contributed by atoms with van der Waals surface area (Å²) in [6.45, 7) is 6.55. The van der Waals surface area contributed by atoms with E-state index in [0.717, 1.165) is 24.5 Å². The molecular formula is C19H25N3O3. The van der Waals surface area contributed by atoms with E-state index >= 15 is 0 Å². The lowest BCUT2D eigenvalue weighted by molar-refractivity contribution is -0.116. The maximum atomic E-state index is 12.0. The molecule has 25 heavy (non-hydrogen) atoms. The summed E-state index contributed by atoms with van der Waals surface area (Å²) in [7, 11) is 0. The number of furan rings is 1. The lowest BCUT2D eigenvalue weighted by atomic mass is 10.2. The molecule has 0 saturated heterocycles. The Morgan fingerprint density at radius 3 is 2.40 bits per heavy atom. The van der Waals surface area contributed by atoms with Crippen LogP contribution in [-0.4, -0.2) is 31.4 Å². The second kappa shape index (κ2) is 9.52. The molecule has 0 atom stereocenters. The number of hydrogen-bond donors (Lipinski definition) is 2. The molecule has 0 aliphatic carbocycles. The molecule has 2 amide bonds. The van der Waals surface area contributed by atoms with Crippen LogP contribution in [0, 0.1) is 0 Å². The van der Waals surface area contributed by atoms with E-state index in [0.29, 0.717) is 19.4 Å². The molecule has 6 nitrogen and oxygen atoms in total. The fourth-order valence-corrected chi connectivity index (χ4v) is 2.51. The average molecular weight is 343 g/mol. The van der Waals surface area contributed by atoms with Gasteiger partial charge in [0.25, 0.3) is 5.91 Å². The van der Waals surface area contributed by atoms with Crippen molar-refractivity contribution in [2.45, 2.75) is 26.7 Å². The van der Waals surface area contributed by atoms with E-state index in [4.69, 9.17) is 4.42 Å². The minimum Gasteiger partial charge on any atom is -0.459 e. The van der Waals surface area contributed by atoms with Crippen molar-refractivity contribution in [1.82, 2.24) is 5.32 Å². The number of carbonyl (C=O) groups excluding carboxylic acids is 2. The summed E-state index contributed by atoms with van der Waals surface area (Å²) in [5, 5.41) is 5.59. The number of anilines is 2. The Bertz CT molecular complexity index is 662. The molecule has 1 aromatic heterocycles. The van der Waals surface area contributed by atoms with E-state index in [9.17, 15) is 9.59 Å². The lowest BCUT2D eigenvalue weighted by Gasteiger charge is -2.21. The Labute approximate surface area is 148 Å². The fourth-order valence-electron chi connectivity index (χ4n) is 2.51. The molecule has 0 radical (unpaired) electrons. The number of benzene rings is 1. The standard InChI is InChI=1S/C19H25N3O3/c1-3-22(4-2)16-11-9-15(10-12-16)21-18(23)8-5-13-20-19(24)17-7-6-14-25-17/h6-7,9-12,14H,3-5,8,13H2,1-2H3,(H,20,24)(H,21,23). The molecule has 1 heterocycles. The summed E-state index contributed by atoms with van der Waals surface area (Å²) in [6, 6.07) is 11.1. The number of carbonyl (C=O) groups is 2. The lowest BCUT2D eigenvalue weighted by Crippen LogP contribution is -2.25. The highest BCUT2D eigenvalue weighted by atomic mass is 16.3. The summed E-state index contributed by atoms with van der Waals surface area (Å²) in [5.74, 6) is -0.0574. The van der Waals surface area contributed by atoms with Crippen molar-refractivity contribution in [2.75, 3.05) is 29.9 Å². The highest BCUT2D eigenvalue weighted by Crippen LogP contribution is 2.17. The normalized spacial score (nSPS) is 10.3. The van der Waals surface area contributed by atoms with Gasteiger partial charge in [0.15, 0.2) is 5.76 Å². The van der Waals surface area contributed by atoms with Crippen molar-refractivity contribution in [1.29, 1.82) is 0 Å².